The average Bonchev–Trinajstić information content (AvgIpc) is 3.15. The standard InChI is InChI=1S/C41H76N2O15/c1-15-29-41(10,49)34(45)24(4)31(42-53-21-52-17-16-50-13)22(2)19-39(8,48)36(58-38-32(44)28(43(11)12)18-23(3)54-38)25(5)33(26(6)37(47)56-29)57-30-20-40(9,51-14)35(46)27(7)55-30/h22-30,32-36,38,44-46,48-49H,15-21H2,1-14H3/b42-31+/t22-,23?,24+,25+,26-,27?,28?,29-,30?,32?,33+,34-,35?,36?,38?,39-,40?,41-/m1/s1. The van der Waals surface area contributed by atoms with Gasteiger partial charge in [-0.05, 0) is 74.9 Å². The number of aliphatic hydroxyl groups excluding tert-OH is 3. The largest absolute Gasteiger partial charge is 0.459 e. The molecule has 17 nitrogen and oxygen atoms in total. The first kappa shape index (κ1) is 50.8. The zero-order valence-electron chi connectivity index (χ0n) is 37.3. The second-order valence-corrected chi connectivity index (χ2v) is 17.7. The van der Waals surface area contributed by atoms with Crippen molar-refractivity contribution >= 4 is 11.7 Å². The van der Waals surface area contributed by atoms with Gasteiger partial charge in [-0.3, -0.25) is 4.79 Å². The Kier molecular flexibility index (Phi) is 18.8. The number of carbonyl (C=O) groups excluding carboxylic acids is 1. The molecule has 3 rings (SSSR count). The van der Waals surface area contributed by atoms with Crippen LogP contribution < -0.4 is 0 Å². The number of cyclic esters (lactones) is 1. The Morgan fingerprint density at radius 2 is 1.55 bits per heavy atom. The van der Waals surface area contributed by atoms with E-state index in [1.54, 1.807) is 55.6 Å². The molecule has 0 bridgehead atoms. The van der Waals surface area contributed by atoms with Crippen molar-refractivity contribution in [3.8, 4) is 0 Å². The zero-order valence-corrected chi connectivity index (χ0v) is 37.3. The van der Waals surface area contributed by atoms with E-state index < -0.39 is 102 Å². The van der Waals surface area contributed by atoms with Crippen molar-refractivity contribution in [2.45, 2.75) is 179 Å². The number of carbonyl (C=O) groups is 1. The molecule has 17 heteroatoms. The SMILES string of the molecule is CC[C@H]1OC(=O)[C@H](C)[C@@H](OC2CC(C)(OC)C(O)C(C)O2)[C@H](C)C(OC2OC(C)CC(N(C)C)C2O)[C@](C)(O)C[C@@H](C)/C(=N\OCOCCOC)[C@H](C)[C@@H](O)[C@]1(C)O. The fraction of sp³-hybridized carbons (Fsp3) is 0.951. The van der Waals surface area contributed by atoms with Crippen LogP contribution in [0.1, 0.15) is 94.9 Å². The van der Waals surface area contributed by atoms with Crippen molar-refractivity contribution in [2.75, 3.05) is 48.3 Å². The van der Waals surface area contributed by atoms with Gasteiger partial charge in [0.15, 0.2) is 12.6 Å². The van der Waals surface area contributed by atoms with E-state index in [9.17, 15) is 30.3 Å². The van der Waals surface area contributed by atoms with Crippen LogP contribution in [0.5, 0.6) is 0 Å². The maximum Gasteiger partial charge on any atom is 0.311 e. The molecule has 3 saturated heterocycles. The van der Waals surface area contributed by atoms with Gasteiger partial charge in [-0.25, -0.2) is 0 Å². The average molecular weight is 837 g/mol. The Morgan fingerprint density at radius 3 is 2.14 bits per heavy atom. The molecule has 3 fully saturated rings. The van der Waals surface area contributed by atoms with Crippen molar-refractivity contribution in [3.05, 3.63) is 0 Å². The molecule has 3 aliphatic rings. The lowest BCUT2D eigenvalue weighted by atomic mass is 9.73. The van der Waals surface area contributed by atoms with Crippen LogP contribution >= 0.6 is 0 Å². The van der Waals surface area contributed by atoms with Crippen molar-refractivity contribution in [1.29, 1.82) is 0 Å². The third-order valence-electron chi connectivity index (χ3n) is 12.6. The highest BCUT2D eigenvalue weighted by Gasteiger charge is 2.53. The first-order valence-electron chi connectivity index (χ1n) is 20.8. The molecule has 0 amide bonds. The molecular formula is C41H76N2O15. The number of hydrogen-bond acceptors (Lipinski definition) is 17. The molecule has 3 heterocycles. The summed E-state index contributed by atoms with van der Waals surface area (Å²) in [6.07, 6.45) is -9.49. The van der Waals surface area contributed by atoms with Crippen LogP contribution in [0.4, 0.5) is 0 Å². The summed E-state index contributed by atoms with van der Waals surface area (Å²) in [6, 6.07) is -0.328. The smallest absolute Gasteiger partial charge is 0.311 e. The number of rotatable bonds is 13. The molecule has 9 unspecified atom stereocenters. The van der Waals surface area contributed by atoms with Gasteiger partial charge in [0.1, 0.15) is 23.9 Å². The molecule has 5 N–H and O–H groups in total. The minimum absolute atomic E-state index is 0.0307. The van der Waals surface area contributed by atoms with Gasteiger partial charge in [-0.1, -0.05) is 32.9 Å². The highest BCUT2D eigenvalue weighted by molar-refractivity contribution is 5.88. The van der Waals surface area contributed by atoms with Crippen LogP contribution in [-0.4, -0.2) is 175 Å². The molecule has 0 aromatic carbocycles. The summed E-state index contributed by atoms with van der Waals surface area (Å²) < 4.78 is 48.1. The summed E-state index contributed by atoms with van der Waals surface area (Å²) in [7, 11) is 6.76. The van der Waals surface area contributed by atoms with E-state index in [4.69, 9.17) is 42.7 Å². The molecule has 0 aromatic rings. The lowest BCUT2D eigenvalue weighted by Gasteiger charge is -2.49. The van der Waals surface area contributed by atoms with Crippen LogP contribution in [0.3, 0.4) is 0 Å². The number of ether oxygens (including phenoxy) is 8. The quantitative estimate of drug-likeness (QED) is 0.0778. The lowest BCUT2D eigenvalue weighted by Crippen LogP contribution is -2.61. The Balaban J connectivity index is 2.22. The normalized spacial score (nSPS) is 45.8. The lowest BCUT2D eigenvalue weighted by molar-refractivity contribution is -0.317. The summed E-state index contributed by atoms with van der Waals surface area (Å²) >= 11 is 0. The number of aliphatic hydroxyl groups is 5. The van der Waals surface area contributed by atoms with Gasteiger partial charge >= 0.3 is 5.97 Å². The van der Waals surface area contributed by atoms with Crippen molar-refractivity contribution in [3.63, 3.8) is 0 Å². The van der Waals surface area contributed by atoms with E-state index in [-0.39, 0.29) is 44.8 Å². The first-order valence-corrected chi connectivity index (χ1v) is 20.8. The summed E-state index contributed by atoms with van der Waals surface area (Å²) in [4.78, 5) is 21.8. The number of hydrogen-bond donors (Lipinski definition) is 5. The highest BCUT2D eigenvalue weighted by atomic mass is 16.7. The fourth-order valence-corrected chi connectivity index (χ4v) is 8.93. The molecule has 0 radical (unpaired) electrons. The number of oxime groups is 1. The monoisotopic (exact) mass is 837 g/mol. The maximum atomic E-state index is 14.3. The fourth-order valence-electron chi connectivity index (χ4n) is 8.93. The molecular weight excluding hydrogens is 760 g/mol. The summed E-state index contributed by atoms with van der Waals surface area (Å²) in [5, 5.41) is 63.6. The van der Waals surface area contributed by atoms with Crippen LogP contribution in [0, 0.1) is 23.7 Å². The van der Waals surface area contributed by atoms with Crippen LogP contribution in [-0.2, 0) is 47.5 Å². The van der Waals surface area contributed by atoms with E-state index in [2.05, 4.69) is 5.16 Å². The van der Waals surface area contributed by atoms with Crippen molar-refractivity contribution in [1.82, 2.24) is 4.90 Å². The van der Waals surface area contributed by atoms with Crippen LogP contribution in [0.2, 0.25) is 0 Å². The van der Waals surface area contributed by atoms with Gasteiger partial charge in [-0.2, -0.15) is 0 Å². The Morgan fingerprint density at radius 1 is 0.897 bits per heavy atom. The Hall–Kier alpha value is -1.58. The van der Waals surface area contributed by atoms with E-state index in [0.29, 0.717) is 18.7 Å². The summed E-state index contributed by atoms with van der Waals surface area (Å²) in [5.74, 6) is -4.14. The first-order chi connectivity index (χ1) is 27.0. The molecule has 0 saturated carbocycles. The van der Waals surface area contributed by atoms with Crippen LogP contribution in [0.15, 0.2) is 5.16 Å². The van der Waals surface area contributed by atoms with Crippen molar-refractivity contribution < 1.29 is 73.1 Å². The third-order valence-corrected chi connectivity index (χ3v) is 12.6. The third kappa shape index (κ3) is 12.1. The van der Waals surface area contributed by atoms with Gasteiger partial charge in [0.05, 0.1) is 66.6 Å². The van der Waals surface area contributed by atoms with Gasteiger partial charge in [0.25, 0.3) is 0 Å². The van der Waals surface area contributed by atoms with E-state index in [0.717, 1.165) is 0 Å². The molecule has 0 aromatic heterocycles. The highest BCUT2D eigenvalue weighted by Crippen LogP contribution is 2.41. The van der Waals surface area contributed by atoms with E-state index in [1.165, 1.54) is 14.0 Å². The number of esters is 1. The van der Waals surface area contributed by atoms with Crippen molar-refractivity contribution in [2.24, 2.45) is 28.8 Å². The predicted molar refractivity (Wildman–Crippen MR) is 212 cm³/mol. The second-order valence-electron chi connectivity index (χ2n) is 17.7. The molecule has 0 spiro atoms. The number of methoxy groups -OCH3 is 2. The Bertz CT molecular complexity index is 1300. The predicted octanol–water partition coefficient (Wildman–Crippen LogP) is 2.21. The van der Waals surface area contributed by atoms with Gasteiger partial charge in [0.2, 0.25) is 6.79 Å². The minimum Gasteiger partial charge on any atom is -0.459 e. The molecule has 18 atom stereocenters. The Labute approximate surface area is 345 Å². The van der Waals surface area contributed by atoms with Gasteiger partial charge in [-0.15, -0.1) is 0 Å². The zero-order chi connectivity index (χ0) is 43.9. The van der Waals surface area contributed by atoms with E-state index >= 15 is 0 Å². The van der Waals surface area contributed by atoms with Gasteiger partial charge < -0.3 is 73.2 Å². The molecule has 0 aliphatic carbocycles. The van der Waals surface area contributed by atoms with Gasteiger partial charge in [0, 0.05) is 44.4 Å². The topological polar surface area (TPSA) is 217 Å². The molecule has 3 aliphatic heterocycles. The maximum absolute atomic E-state index is 14.3. The van der Waals surface area contributed by atoms with Crippen LogP contribution in [0.25, 0.3) is 0 Å². The van der Waals surface area contributed by atoms with E-state index in [1.807, 2.05) is 32.8 Å². The molecule has 340 valence electrons. The number of likely N-dealkylation sites (N-methyl/N-ethyl adjacent to an activating group) is 1. The second kappa shape index (κ2) is 21.5. The minimum atomic E-state index is -1.97. The summed E-state index contributed by atoms with van der Waals surface area (Å²) in [5.41, 5.74) is -4.49. The summed E-state index contributed by atoms with van der Waals surface area (Å²) in [6.45, 7) is 17.3. The number of nitrogens with zero attached hydrogens (tertiary/aromatic N) is 2. The molecule has 58 heavy (non-hydrogen) atoms.